The van der Waals surface area contributed by atoms with Gasteiger partial charge in [-0.2, -0.15) is 0 Å². The molecule has 0 radical (unpaired) electrons. The molecule has 0 unspecified atom stereocenters. The fraction of sp³-hybridized carbons (Fsp3) is 0.200. The number of sulfonamides is 1. The highest BCUT2D eigenvalue weighted by atomic mass is 32.2. The van der Waals surface area contributed by atoms with E-state index in [0.717, 1.165) is 16.6 Å². The summed E-state index contributed by atoms with van der Waals surface area (Å²) >= 11 is 0. The van der Waals surface area contributed by atoms with E-state index in [1.165, 1.54) is 6.07 Å². The molecule has 0 saturated heterocycles. The number of benzene rings is 2. The molecule has 0 bridgehead atoms. The van der Waals surface area contributed by atoms with Crippen LogP contribution in [0.4, 0.5) is 11.4 Å². The molecule has 3 aromatic rings. The summed E-state index contributed by atoms with van der Waals surface area (Å²) in [4.78, 5) is 16.6. The van der Waals surface area contributed by atoms with Crippen molar-refractivity contribution in [2.75, 3.05) is 10.0 Å². The number of carbonyl (C=O) groups excluding carboxylic acids is 1. The third-order valence-electron chi connectivity index (χ3n) is 4.87. The molecule has 0 aliphatic carbocycles. The first-order valence-electron chi connectivity index (χ1n) is 8.53. The number of aryl methyl sites for hydroxylation is 1. The zero-order chi connectivity index (χ0) is 19.4. The number of amides is 1. The van der Waals surface area contributed by atoms with Crippen LogP contribution in [0.1, 0.15) is 25.1 Å². The van der Waals surface area contributed by atoms with Crippen molar-refractivity contribution in [3.05, 3.63) is 59.8 Å². The van der Waals surface area contributed by atoms with Gasteiger partial charge in [0, 0.05) is 22.5 Å². The number of anilines is 2. The molecule has 2 N–H and O–H groups in total. The Morgan fingerprint density at radius 3 is 2.59 bits per heavy atom. The van der Waals surface area contributed by atoms with Crippen LogP contribution in [0, 0.1) is 6.92 Å². The van der Waals surface area contributed by atoms with E-state index in [1.807, 2.05) is 19.1 Å². The summed E-state index contributed by atoms with van der Waals surface area (Å²) in [7, 11) is -3.79. The van der Waals surface area contributed by atoms with Crippen LogP contribution in [0.15, 0.2) is 53.4 Å². The van der Waals surface area contributed by atoms with Gasteiger partial charge in [-0.1, -0.05) is 6.07 Å². The lowest BCUT2D eigenvalue weighted by atomic mass is 9.86. The normalized spacial score (nSPS) is 15.4. The van der Waals surface area contributed by atoms with Crippen LogP contribution in [0.2, 0.25) is 0 Å². The lowest BCUT2D eigenvalue weighted by Crippen LogP contribution is -2.27. The summed E-state index contributed by atoms with van der Waals surface area (Å²) in [6.07, 6.45) is 0. The van der Waals surface area contributed by atoms with Gasteiger partial charge in [0.1, 0.15) is 0 Å². The summed E-state index contributed by atoms with van der Waals surface area (Å²) in [5, 5.41) is 3.63. The second kappa shape index (κ2) is 5.79. The molecule has 6 nitrogen and oxygen atoms in total. The van der Waals surface area contributed by atoms with E-state index in [-0.39, 0.29) is 10.8 Å². The number of nitrogens with one attached hydrogen (secondary N) is 2. The van der Waals surface area contributed by atoms with Crippen molar-refractivity contribution in [3.63, 3.8) is 0 Å². The predicted octanol–water partition coefficient (Wildman–Crippen LogP) is 3.57. The van der Waals surface area contributed by atoms with Gasteiger partial charge >= 0.3 is 0 Å². The van der Waals surface area contributed by atoms with Crippen molar-refractivity contribution < 1.29 is 13.2 Å². The summed E-state index contributed by atoms with van der Waals surface area (Å²) in [5.41, 5.74) is 2.72. The fourth-order valence-electron chi connectivity index (χ4n) is 3.22. The maximum atomic E-state index is 12.9. The fourth-order valence-corrected chi connectivity index (χ4v) is 4.30. The molecule has 1 amide bonds. The maximum absolute atomic E-state index is 12.9. The van der Waals surface area contributed by atoms with E-state index in [4.69, 9.17) is 0 Å². The van der Waals surface area contributed by atoms with Gasteiger partial charge in [-0.05, 0) is 68.8 Å². The van der Waals surface area contributed by atoms with Gasteiger partial charge in [0.2, 0.25) is 5.91 Å². The lowest BCUT2D eigenvalue weighted by Gasteiger charge is -2.16. The molecule has 1 aliphatic heterocycles. The highest BCUT2D eigenvalue weighted by Crippen LogP contribution is 2.38. The number of hydrogen-bond acceptors (Lipinski definition) is 4. The molecule has 7 heteroatoms. The minimum Gasteiger partial charge on any atom is -0.325 e. The summed E-state index contributed by atoms with van der Waals surface area (Å²) in [5.74, 6) is -0.141. The minimum atomic E-state index is -3.79. The minimum absolute atomic E-state index is 0.118. The third-order valence-corrected chi connectivity index (χ3v) is 6.25. The SMILES string of the molecule is Cc1ccc2cc(NS(=O)(=O)c3ccc4c(c3)C(C)(C)C(=O)N4)ccc2n1. The summed E-state index contributed by atoms with van der Waals surface area (Å²) < 4.78 is 28.3. The average Bonchev–Trinajstić information content (AvgIpc) is 2.83. The highest BCUT2D eigenvalue weighted by molar-refractivity contribution is 7.92. The van der Waals surface area contributed by atoms with Crippen LogP contribution in [0.25, 0.3) is 10.9 Å². The monoisotopic (exact) mass is 381 g/mol. The van der Waals surface area contributed by atoms with Crippen molar-refractivity contribution in [1.29, 1.82) is 0 Å². The van der Waals surface area contributed by atoms with Crippen molar-refractivity contribution in [1.82, 2.24) is 4.98 Å². The van der Waals surface area contributed by atoms with E-state index >= 15 is 0 Å². The van der Waals surface area contributed by atoms with Gasteiger partial charge in [-0.3, -0.25) is 14.5 Å². The second-order valence-corrected chi connectivity index (χ2v) is 8.93. The number of nitrogens with zero attached hydrogens (tertiary/aromatic N) is 1. The molecule has 138 valence electrons. The molecule has 4 rings (SSSR count). The van der Waals surface area contributed by atoms with E-state index in [9.17, 15) is 13.2 Å². The van der Waals surface area contributed by atoms with Gasteiger partial charge < -0.3 is 5.32 Å². The molecule has 0 saturated carbocycles. The molecule has 0 spiro atoms. The Labute approximate surface area is 157 Å². The number of rotatable bonds is 3. The van der Waals surface area contributed by atoms with Gasteiger partial charge in [0.15, 0.2) is 0 Å². The molecule has 2 heterocycles. The topological polar surface area (TPSA) is 88.2 Å². The Balaban J connectivity index is 1.70. The quantitative estimate of drug-likeness (QED) is 0.726. The van der Waals surface area contributed by atoms with Crippen LogP contribution in [-0.4, -0.2) is 19.3 Å². The van der Waals surface area contributed by atoms with Gasteiger partial charge in [0.25, 0.3) is 10.0 Å². The Kier molecular flexibility index (Phi) is 3.75. The molecule has 2 aromatic carbocycles. The van der Waals surface area contributed by atoms with Crippen LogP contribution in [0.3, 0.4) is 0 Å². The van der Waals surface area contributed by atoms with Gasteiger partial charge in [-0.25, -0.2) is 8.42 Å². The van der Waals surface area contributed by atoms with Crippen molar-refractivity contribution in [2.45, 2.75) is 31.1 Å². The van der Waals surface area contributed by atoms with Crippen molar-refractivity contribution in [2.24, 2.45) is 0 Å². The maximum Gasteiger partial charge on any atom is 0.261 e. The molecule has 0 atom stereocenters. The van der Waals surface area contributed by atoms with Crippen LogP contribution in [0.5, 0.6) is 0 Å². The van der Waals surface area contributed by atoms with E-state index < -0.39 is 15.4 Å². The number of pyridine rings is 1. The lowest BCUT2D eigenvalue weighted by molar-refractivity contribution is -0.119. The molecule has 27 heavy (non-hydrogen) atoms. The molecular formula is C20H19N3O3S. The number of aromatic nitrogens is 1. The predicted molar refractivity (Wildman–Crippen MR) is 105 cm³/mol. The van der Waals surface area contributed by atoms with Crippen LogP contribution in [-0.2, 0) is 20.2 Å². The Hall–Kier alpha value is -2.93. The van der Waals surface area contributed by atoms with E-state index in [1.54, 1.807) is 44.2 Å². The number of carbonyl (C=O) groups is 1. The van der Waals surface area contributed by atoms with E-state index in [0.29, 0.717) is 16.9 Å². The first-order valence-corrected chi connectivity index (χ1v) is 10.0. The van der Waals surface area contributed by atoms with Gasteiger partial charge in [0.05, 0.1) is 15.8 Å². The summed E-state index contributed by atoms with van der Waals surface area (Å²) in [6.45, 7) is 5.46. The molecule has 1 aromatic heterocycles. The zero-order valence-electron chi connectivity index (χ0n) is 15.2. The highest BCUT2D eigenvalue weighted by Gasteiger charge is 2.39. The van der Waals surface area contributed by atoms with Crippen LogP contribution >= 0.6 is 0 Å². The Bertz CT molecular complexity index is 1200. The van der Waals surface area contributed by atoms with Crippen molar-refractivity contribution >= 4 is 38.2 Å². The average molecular weight is 381 g/mol. The molecule has 0 fully saturated rings. The number of fused-ring (bicyclic) bond motifs is 2. The standard InChI is InChI=1S/C20H19N3O3S/c1-12-4-5-13-10-14(6-8-17(13)21-12)23-27(25,26)15-7-9-18-16(11-15)20(2,3)19(24)22-18/h4-11,23H,1-3H3,(H,22,24). The zero-order valence-corrected chi connectivity index (χ0v) is 16.0. The summed E-state index contributed by atoms with van der Waals surface area (Å²) in [6, 6.07) is 13.7. The van der Waals surface area contributed by atoms with E-state index in [2.05, 4.69) is 15.0 Å². The smallest absolute Gasteiger partial charge is 0.261 e. The first-order chi connectivity index (χ1) is 12.7. The molecular weight excluding hydrogens is 362 g/mol. The first kappa shape index (κ1) is 17.5. The number of hydrogen-bond donors (Lipinski definition) is 2. The second-order valence-electron chi connectivity index (χ2n) is 7.25. The largest absolute Gasteiger partial charge is 0.325 e. The third kappa shape index (κ3) is 2.94. The Morgan fingerprint density at radius 2 is 1.81 bits per heavy atom. The molecule has 1 aliphatic rings. The van der Waals surface area contributed by atoms with Crippen LogP contribution < -0.4 is 10.0 Å². The Morgan fingerprint density at radius 1 is 1.04 bits per heavy atom. The van der Waals surface area contributed by atoms with Gasteiger partial charge in [-0.15, -0.1) is 0 Å². The van der Waals surface area contributed by atoms with Crippen molar-refractivity contribution in [3.8, 4) is 0 Å².